The average molecular weight is 503 g/mol. The molecule has 1 unspecified atom stereocenters. The van der Waals surface area contributed by atoms with Crippen molar-refractivity contribution >= 4 is 39.8 Å². The zero-order chi connectivity index (χ0) is 27.6. The highest BCUT2D eigenvalue weighted by Crippen LogP contribution is 2.40. The van der Waals surface area contributed by atoms with Gasteiger partial charge in [-0.05, 0) is 43.4 Å². The van der Waals surface area contributed by atoms with Gasteiger partial charge in [-0.1, -0.05) is 6.92 Å². The van der Waals surface area contributed by atoms with E-state index in [1.807, 2.05) is 19.2 Å². The van der Waals surface area contributed by atoms with Crippen LogP contribution >= 0.6 is 0 Å². The van der Waals surface area contributed by atoms with E-state index in [0.717, 1.165) is 51.3 Å². The van der Waals surface area contributed by atoms with Gasteiger partial charge >= 0.3 is 0 Å². The Balaban J connectivity index is 1.25. The highest BCUT2D eigenvalue weighted by Gasteiger charge is 2.41. The summed E-state index contributed by atoms with van der Waals surface area (Å²) in [6.07, 6.45) is 6.54. The first-order valence-corrected chi connectivity index (χ1v) is 12.6. The molecule has 11 heteroatoms. The number of carbonyl (C=O) groups excluding carboxylic acids is 1. The number of nitrogens with one attached hydrogen (secondary N) is 2. The third-order valence-corrected chi connectivity index (χ3v) is 7.99. The highest BCUT2D eigenvalue weighted by molar-refractivity contribution is 6.01. The van der Waals surface area contributed by atoms with Crippen molar-refractivity contribution in [3.63, 3.8) is 0 Å². The Kier molecular flexibility index (Phi) is 4.34. The highest BCUT2D eigenvalue weighted by atomic mass is 16.5. The van der Waals surface area contributed by atoms with Gasteiger partial charge < -0.3 is 20.3 Å². The van der Waals surface area contributed by atoms with Crippen LogP contribution in [-0.2, 0) is 9.53 Å². The average Bonchev–Trinajstić information content (AvgIpc) is 3.29. The smallest absolute Gasteiger partial charge is 0.228 e. The van der Waals surface area contributed by atoms with Crippen molar-refractivity contribution < 1.29 is 13.6 Å². The summed E-state index contributed by atoms with van der Waals surface area (Å²) in [4.78, 5) is 24.0. The molecule has 3 aliphatic rings. The molecular weight excluding hydrogens is 470 g/mol. The van der Waals surface area contributed by atoms with Crippen molar-refractivity contribution in [3.8, 4) is 11.4 Å². The van der Waals surface area contributed by atoms with Crippen LogP contribution in [0.25, 0.3) is 27.9 Å². The Morgan fingerprint density at radius 2 is 2.22 bits per heavy atom. The van der Waals surface area contributed by atoms with Crippen molar-refractivity contribution in [2.24, 2.45) is 17.3 Å². The van der Waals surface area contributed by atoms with Crippen LogP contribution in [-0.4, -0.2) is 69.0 Å². The van der Waals surface area contributed by atoms with Crippen LogP contribution in [0, 0.1) is 17.3 Å². The molecule has 2 saturated heterocycles. The number of hydrogen-bond acceptors (Lipinski definition) is 9. The van der Waals surface area contributed by atoms with E-state index in [0.29, 0.717) is 28.3 Å². The molecule has 0 bridgehead atoms. The fourth-order valence-corrected chi connectivity index (χ4v) is 5.57. The molecule has 4 aromatic heterocycles. The summed E-state index contributed by atoms with van der Waals surface area (Å²) in [5, 5.41) is 18.9. The number of rotatable bonds is 5. The molecule has 1 spiro atoms. The number of amides is 1. The second-order valence-corrected chi connectivity index (χ2v) is 10.5. The lowest BCUT2D eigenvalue weighted by Crippen LogP contribution is -2.27. The zero-order valence-electron chi connectivity index (χ0n) is 23.4. The van der Waals surface area contributed by atoms with E-state index in [1.165, 1.54) is 6.20 Å². The minimum absolute atomic E-state index is 0.0387. The summed E-state index contributed by atoms with van der Waals surface area (Å²) in [5.74, 6) is 0.928. The summed E-state index contributed by atoms with van der Waals surface area (Å²) < 4.78 is 30.3. The number of hydrogen-bond donors (Lipinski definition) is 2. The monoisotopic (exact) mass is 502 g/mol. The lowest BCUT2D eigenvalue weighted by molar-refractivity contribution is -0.117. The largest absolute Gasteiger partial charge is 0.381 e. The summed E-state index contributed by atoms with van der Waals surface area (Å²) >= 11 is 0. The molecule has 37 heavy (non-hydrogen) atoms. The molecule has 2 N–H and O–H groups in total. The number of carbonyl (C=O) groups is 1. The van der Waals surface area contributed by atoms with Gasteiger partial charge in [-0.15, -0.1) is 15.3 Å². The van der Waals surface area contributed by atoms with Crippen molar-refractivity contribution in [3.05, 3.63) is 30.6 Å². The SMILES string of the molecule is [2H]C([2H])([2H])Nc1ncc(-c2nc3ccc(N4CCC5(CCOC5)C4)cn3n2)c2cc(NC(=O)[C@H]3C[C@H]3C)nnc12. The fraction of sp³-hybridized carbons (Fsp3) is 0.462. The number of aromatic nitrogens is 6. The maximum absolute atomic E-state index is 12.6. The minimum atomic E-state index is -2.48. The maximum Gasteiger partial charge on any atom is 0.228 e. The second kappa shape index (κ2) is 8.34. The molecule has 1 amide bonds. The standard InChI is InChI=1S/C26H29N9O2/c1-15-9-17(15)25(36)29-20-10-18-19(11-28-24(27-2)22(18)32-31-20)23-30-21-4-3-16(12-35(21)33-23)34-7-5-26(13-34)6-8-37-14-26/h3-4,10-12,15,17H,5-9,13-14H2,1-2H3,(H,27,28)(H,29,31,36)/t15-,17+,26?/m1/s1/i2D3. The van der Waals surface area contributed by atoms with Gasteiger partial charge in [-0.2, -0.15) is 0 Å². The summed E-state index contributed by atoms with van der Waals surface area (Å²) in [6.45, 7) is 3.12. The molecule has 11 nitrogen and oxygen atoms in total. The first-order chi connectivity index (χ1) is 19.2. The minimum Gasteiger partial charge on any atom is -0.381 e. The molecule has 6 heterocycles. The molecule has 1 saturated carbocycles. The van der Waals surface area contributed by atoms with Gasteiger partial charge in [-0.25, -0.2) is 14.5 Å². The topological polar surface area (TPSA) is 122 Å². The molecule has 7 rings (SSSR count). The molecule has 190 valence electrons. The van der Waals surface area contributed by atoms with Crippen molar-refractivity contribution in [1.82, 2.24) is 29.8 Å². The van der Waals surface area contributed by atoms with Crippen LogP contribution in [0.5, 0.6) is 0 Å². The number of nitrogens with zero attached hydrogens (tertiary/aromatic N) is 7. The lowest BCUT2D eigenvalue weighted by Gasteiger charge is -2.23. The molecule has 3 atom stereocenters. The zero-order valence-corrected chi connectivity index (χ0v) is 20.4. The van der Waals surface area contributed by atoms with Crippen LogP contribution in [0.4, 0.5) is 17.3 Å². The molecule has 3 fully saturated rings. The number of fused-ring (bicyclic) bond motifs is 2. The van der Waals surface area contributed by atoms with E-state index in [9.17, 15) is 4.79 Å². The first-order valence-electron chi connectivity index (χ1n) is 14.1. The Morgan fingerprint density at radius 1 is 1.30 bits per heavy atom. The van der Waals surface area contributed by atoms with E-state index in [1.54, 1.807) is 10.6 Å². The molecule has 2 aliphatic heterocycles. The predicted octanol–water partition coefficient (Wildman–Crippen LogP) is 2.99. The normalized spacial score (nSPS) is 26.4. The third-order valence-electron chi connectivity index (χ3n) is 7.99. The van der Waals surface area contributed by atoms with Gasteiger partial charge in [0.2, 0.25) is 5.91 Å². The van der Waals surface area contributed by atoms with E-state index < -0.39 is 6.98 Å². The number of pyridine rings is 2. The van der Waals surface area contributed by atoms with E-state index in [-0.39, 0.29) is 34.4 Å². The first kappa shape index (κ1) is 19.3. The van der Waals surface area contributed by atoms with Crippen molar-refractivity contribution in [2.45, 2.75) is 26.2 Å². The number of ether oxygens (including phenoxy) is 1. The molecule has 0 radical (unpaired) electrons. The second-order valence-electron chi connectivity index (χ2n) is 10.5. The number of anilines is 3. The van der Waals surface area contributed by atoms with Crippen LogP contribution in [0.2, 0.25) is 0 Å². The third kappa shape index (κ3) is 3.85. The van der Waals surface area contributed by atoms with E-state index in [2.05, 4.69) is 36.8 Å². The molecular formula is C26H29N9O2. The van der Waals surface area contributed by atoms with Crippen LogP contribution in [0.15, 0.2) is 30.6 Å². The Bertz CT molecular complexity index is 1630. The van der Waals surface area contributed by atoms with Crippen molar-refractivity contribution in [1.29, 1.82) is 0 Å². The van der Waals surface area contributed by atoms with Gasteiger partial charge in [0.1, 0.15) is 5.52 Å². The van der Waals surface area contributed by atoms with E-state index in [4.69, 9.17) is 18.9 Å². The Labute approximate surface area is 217 Å². The van der Waals surface area contributed by atoms with Gasteiger partial charge in [0, 0.05) is 59.3 Å². The van der Waals surface area contributed by atoms with Crippen LogP contribution in [0.3, 0.4) is 0 Å². The summed E-state index contributed by atoms with van der Waals surface area (Å²) in [5.41, 5.74) is 2.76. The van der Waals surface area contributed by atoms with E-state index >= 15 is 0 Å². The van der Waals surface area contributed by atoms with Gasteiger partial charge in [0.05, 0.1) is 18.5 Å². The maximum atomic E-state index is 12.6. The molecule has 4 aromatic rings. The molecule has 0 aromatic carbocycles. The van der Waals surface area contributed by atoms with Gasteiger partial charge in [-0.3, -0.25) is 4.79 Å². The van der Waals surface area contributed by atoms with Crippen LogP contribution in [0.1, 0.15) is 30.3 Å². The quantitative estimate of drug-likeness (QED) is 0.424. The predicted molar refractivity (Wildman–Crippen MR) is 139 cm³/mol. The van der Waals surface area contributed by atoms with Crippen LogP contribution < -0.4 is 15.5 Å². The van der Waals surface area contributed by atoms with Gasteiger partial charge in [0.25, 0.3) is 0 Å². The van der Waals surface area contributed by atoms with Crippen molar-refractivity contribution in [2.75, 3.05) is 48.8 Å². The molecule has 1 aliphatic carbocycles. The summed E-state index contributed by atoms with van der Waals surface area (Å²) in [6, 6.07) is 5.66. The lowest BCUT2D eigenvalue weighted by atomic mass is 9.87. The summed E-state index contributed by atoms with van der Waals surface area (Å²) in [7, 11) is 0. The van der Waals surface area contributed by atoms with Gasteiger partial charge in [0.15, 0.2) is 23.1 Å². The Morgan fingerprint density at radius 3 is 3.03 bits per heavy atom. The fourth-order valence-electron chi connectivity index (χ4n) is 5.57. The Hall–Kier alpha value is -3.86.